The van der Waals surface area contributed by atoms with Gasteiger partial charge in [-0.25, -0.2) is 4.79 Å². The number of anilines is 1. The molecule has 3 rings (SSSR count). The molecule has 146 valence electrons. The van der Waals surface area contributed by atoms with Crippen LogP contribution in [0.5, 0.6) is 0 Å². The summed E-state index contributed by atoms with van der Waals surface area (Å²) in [5.74, 6) is 0.669. The van der Waals surface area contributed by atoms with Gasteiger partial charge in [-0.2, -0.15) is 0 Å². The lowest BCUT2D eigenvalue weighted by atomic mass is 10.0. The van der Waals surface area contributed by atoms with Gasteiger partial charge in [-0.15, -0.1) is 11.3 Å². The molecule has 27 heavy (non-hydrogen) atoms. The van der Waals surface area contributed by atoms with Gasteiger partial charge in [0.2, 0.25) is 0 Å². The molecule has 2 amide bonds. The van der Waals surface area contributed by atoms with E-state index < -0.39 is 6.23 Å². The first-order valence-electron chi connectivity index (χ1n) is 9.63. The lowest BCUT2D eigenvalue weighted by molar-refractivity contribution is 0.0190. The van der Waals surface area contributed by atoms with Crippen molar-refractivity contribution in [2.24, 2.45) is 5.92 Å². The molecule has 3 N–H and O–H groups in total. The second-order valence-corrected chi connectivity index (χ2v) is 7.98. The normalized spacial score (nSPS) is 18.3. The summed E-state index contributed by atoms with van der Waals surface area (Å²) < 4.78 is 0. The Morgan fingerprint density at radius 3 is 2.93 bits per heavy atom. The van der Waals surface area contributed by atoms with Gasteiger partial charge in [0.25, 0.3) is 0 Å². The first-order valence-corrected chi connectivity index (χ1v) is 10.5. The van der Waals surface area contributed by atoms with Crippen LogP contribution in [0, 0.1) is 5.92 Å². The smallest absolute Gasteiger partial charge is 0.319 e. The fourth-order valence-corrected chi connectivity index (χ4v) is 4.23. The van der Waals surface area contributed by atoms with E-state index in [0.29, 0.717) is 12.5 Å². The number of hydrogen-bond acceptors (Lipinski definition) is 5. The number of unbranched alkanes of at least 4 members (excludes halogenated alkanes) is 2. The summed E-state index contributed by atoms with van der Waals surface area (Å²) in [4.78, 5) is 18.9. The van der Waals surface area contributed by atoms with E-state index in [2.05, 4.69) is 20.5 Å². The summed E-state index contributed by atoms with van der Waals surface area (Å²) in [6, 6.07) is 7.35. The zero-order valence-electron chi connectivity index (χ0n) is 15.5. The van der Waals surface area contributed by atoms with Crippen molar-refractivity contribution < 1.29 is 9.90 Å². The minimum Gasteiger partial charge on any atom is -0.373 e. The van der Waals surface area contributed by atoms with E-state index in [1.807, 2.05) is 17.5 Å². The monoisotopic (exact) mass is 388 g/mol. The Balaban J connectivity index is 1.23. The molecule has 1 aliphatic rings. The molecule has 0 aromatic carbocycles. The van der Waals surface area contributed by atoms with Gasteiger partial charge in [-0.1, -0.05) is 18.9 Å². The molecular formula is C20H28N4O2S. The van der Waals surface area contributed by atoms with Gasteiger partial charge < -0.3 is 15.7 Å². The first-order chi connectivity index (χ1) is 13.2. The highest BCUT2D eigenvalue weighted by atomic mass is 32.1. The number of rotatable bonds is 9. The second kappa shape index (κ2) is 10.4. The molecule has 3 heterocycles. The fourth-order valence-electron chi connectivity index (χ4n) is 3.49. The number of likely N-dealkylation sites (tertiary alicyclic amines) is 1. The molecule has 2 aromatic rings. The molecule has 1 fully saturated rings. The molecular weight excluding hydrogens is 360 g/mol. The van der Waals surface area contributed by atoms with Crippen LogP contribution in [0.25, 0.3) is 0 Å². The summed E-state index contributed by atoms with van der Waals surface area (Å²) in [5.41, 5.74) is 0.748. The molecule has 1 aliphatic heterocycles. The Morgan fingerprint density at radius 1 is 1.30 bits per heavy atom. The van der Waals surface area contributed by atoms with E-state index in [1.165, 1.54) is 12.8 Å². The van der Waals surface area contributed by atoms with Crippen LogP contribution in [0.4, 0.5) is 10.5 Å². The number of carbonyl (C=O) groups excluding carboxylic acids is 1. The molecule has 2 aromatic heterocycles. The molecule has 1 saturated heterocycles. The molecule has 0 bridgehead atoms. The number of thiophene rings is 1. The largest absolute Gasteiger partial charge is 0.373 e. The van der Waals surface area contributed by atoms with Crippen LogP contribution in [0.2, 0.25) is 0 Å². The van der Waals surface area contributed by atoms with Crippen molar-refractivity contribution in [3.63, 3.8) is 0 Å². The predicted molar refractivity (Wildman–Crippen MR) is 109 cm³/mol. The van der Waals surface area contributed by atoms with E-state index in [9.17, 15) is 9.90 Å². The van der Waals surface area contributed by atoms with Crippen molar-refractivity contribution in [3.8, 4) is 0 Å². The number of nitrogens with one attached hydrogen (secondary N) is 2. The number of pyridine rings is 1. The third-order valence-electron chi connectivity index (χ3n) is 4.97. The Kier molecular flexibility index (Phi) is 7.62. The average Bonchev–Trinajstić information content (AvgIpc) is 3.37. The zero-order chi connectivity index (χ0) is 18.9. The SMILES string of the molecule is O=C(NCCCCC[C@H]1CCN(C(O)c2cccs2)C1)Nc1ccncc1. The molecule has 0 aliphatic carbocycles. The number of carbonyl (C=O) groups is 1. The van der Waals surface area contributed by atoms with Gasteiger partial charge in [0.05, 0.1) is 0 Å². The van der Waals surface area contributed by atoms with Crippen molar-refractivity contribution in [1.82, 2.24) is 15.2 Å². The van der Waals surface area contributed by atoms with Crippen molar-refractivity contribution in [2.45, 2.75) is 38.3 Å². The van der Waals surface area contributed by atoms with Crippen LogP contribution in [-0.4, -0.2) is 40.7 Å². The lowest BCUT2D eigenvalue weighted by Crippen LogP contribution is -2.29. The van der Waals surface area contributed by atoms with Gasteiger partial charge in [0.15, 0.2) is 0 Å². The molecule has 0 saturated carbocycles. The molecule has 7 heteroatoms. The number of amides is 2. The van der Waals surface area contributed by atoms with E-state index in [-0.39, 0.29) is 6.03 Å². The number of hydrogen-bond donors (Lipinski definition) is 3. The summed E-state index contributed by atoms with van der Waals surface area (Å²) in [6.45, 7) is 2.64. The third-order valence-corrected chi connectivity index (χ3v) is 5.89. The standard InChI is InChI=1S/C20H28N4O2S/c25-19(18-6-4-14-27-18)24-13-9-16(15-24)5-2-1-3-10-22-20(26)23-17-7-11-21-12-8-17/h4,6-8,11-12,14,16,19,25H,1-3,5,9-10,13,15H2,(H2,21,22,23,26)/t16-,19?/m0/s1. The van der Waals surface area contributed by atoms with Gasteiger partial charge in [-0.3, -0.25) is 9.88 Å². The fraction of sp³-hybridized carbons (Fsp3) is 0.500. The second-order valence-electron chi connectivity index (χ2n) is 7.00. The highest BCUT2D eigenvalue weighted by Gasteiger charge is 2.27. The minimum atomic E-state index is -0.446. The Morgan fingerprint density at radius 2 is 2.15 bits per heavy atom. The third kappa shape index (κ3) is 6.30. The van der Waals surface area contributed by atoms with Gasteiger partial charge in [-0.05, 0) is 48.8 Å². The highest BCUT2D eigenvalue weighted by molar-refractivity contribution is 7.10. The van der Waals surface area contributed by atoms with Crippen LogP contribution < -0.4 is 10.6 Å². The van der Waals surface area contributed by atoms with Crippen LogP contribution >= 0.6 is 11.3 Å². The van der Waals surface area contributed by atoms with Crippen molar-refractivity contribution in [1.29, 1.82) is 0 Å². The Labute approximate surface area is 164 Å². The Hall–Kier alpha value is -1.96. The van der Waals surface area contributed by atoms with Crippen molar-refractivity contribution in [3.05, 3.63) is 46.9 Å². The van der Waals surface area contributed by atoms with Gasteiger partial charge in [0.1, 0.15) is 6.23 Å². The van der Waals surface area contributed by atoms with Crippen LogP contribution in [0.1, 0.15) is 43.2 Å². The van der Waals surface area contributed by atoms with Crippen LogP contribution in [-0.2, 0) is 0 Å². The van der Waals surface area contributed by atoms with Crippen molar-refractivity contribution >= 4 is 23.1 Å². The summed E-state index contributed by atoms with van der Waals surface area (Å²) in [6.07, 6.45) is 8.47. The maximum atomic E-state index is 11.8. The number of nitrogens with zero attached hydrogens (tertiary/aromatic N) is 2. The minimum absolute atomic E-state index is 0.171. The quantitative estimate of drug-likeness (QED) is 0.571. The maximum absolute atomic E-state index is 11.8. The van der Waals surface area contributed by atoms with E-state index in [0.717, 1.165) is 42.9 Å². The lowest BCUT2D eigenvalue weighted by Gasteiger charge is -2.22. The zero-order valence-corrected chi connectivity index (χ0v) is 16.3. The van der Waals surface area contributed by atoms with E-state index in [1.54, 1.807) is 35.9 Å². The number of aromatic nitrogens is 1. The molecule has 6 nitrogen and oxygen atoms in total. The number of aliphatic hydroxyl groups excluding tert-OH is 1. The van der Waals surface area contributed by atoms with Crippen LogP contribution in [0.3, 0.4) is 0 Å². The van der Waals surface area contributed by atoms with Crippen molar-refractivity contribution in [2.75, 3.05) is 25.0 Å². The average molecular weight is 389 g/mol. The summed E-state index contributed by atoms with van der Waals surface area (Å²) in [7, 11) is 0. The van der Waals surface area contributed by atoms with E-state index >= 15 is 0 Å². The Bertz CT molecular complexity index is 681. The summed E-state index contributed by atoms with van der Waals surface area (Å²) in [5, 5.41) is 18.1. The first kappa shape index (κ1) is 19.8. The van der Waals surface area contributed by atoms with Gasteiger partial charge in [0, 0.05) is 42.6 Å². The molecule has 0 radical (unpaired) electrons. The highest BCUT2D eigenvalue weighted by Crippen LogP contribution is 2.30. The predicted octanol–water partition coefficient (Wildman–Crippen LogP) is 3.84. The maximum Gasteiger partial charge on any atom is 0.319 e. The summed E-state index contributed by atoms with van der Waals surface area (Å²) >= 11 is 1.61. The van der Waals surface area contributed by atoms with E-state index in [4.69, 9.17) is 0 Å². The van der Waals surface area contributed by atoms with Gasteiger partial charge >= 0.3 is 6.03 Å². The molecule has 2 atom stereocenters. The number of urea groups is 1. The number of aliphatic hydroxyl groups is 1. The molecule has 0 spiro atoms. The van der Waals surface area contributed by atoms with Crippen LogP contribution in [0.15, 0.2) is 42.0 Å². The topological polar surface area (TPSA) is 77.5 Å². The molecule has 1 unspecified atom stereocenters.